The first-order chi connectivity index (χ1) is 14.3. The van der Waals surface area contributed by atoms with E-state index >= 15 is 0 Å². The van der Waals surface area contributed by atoms with Crippen molar-refractivity contribution in [3.63, 3.8) is 0 Å². The average Bonchev–Trinajstić information content (AvgIpc) is 2.77. The number of hydrogen-bond acceptors (Lipinski definition) is 5. The van der Waals surface area contributed by atoms with Gasteiger partial charge in [-0.05, 0) is 35.7 Å². The molecule has 3 N–H and O–H groups in total. The molecule has 0 spiro atoms. The van der Waals surface area contributed by atoms with E-state index in [-0.39, 0.29) is 0 Å². The zero-order chi connectivity index (χ0) is 20.3. The Bertz CT molecular complexity index is 763. The number of benzene rings is 1. The van der Waals surface area contributed by atoms with Gasteiger partial charge < -0.3 is 20.5 Å². The van der Waals surface area contributed by atoms with E-state index < -0.39 is 6.10 Å². The lowest BCUT2D eigenvalue weighted by Crippen LogP contribution is -2.39. The Hall–Kier alpha value is -2.48. The molecule has 1 aliphatic heterocycles. The summed E-state index contributed by atoms with van der Waals surface area (Å²) in [6, 6.07) is 12.1. The first-order valence-electron chi connectivity index (χ1n) is 10.2. The van der Waals surface area contributed by atoms with Gasteiger partial charge in [-0.15, -0.1) is 0 Å². The van der Waals surface area contributed by atoms with Crippen molar-refractivity contribution in [3.05, 3.63) is 65.5 Å². The minimum atomic E-state index is -0.615. The van der Waals surface area contributed by atoms with Gasteiger partial charge >= 0.3 is 0 Å². The van der Waals surface area contributed by atoms with Gasteiger partial charge in [0.25, 0.3) is 0 Å². The molecule has 156 valence electrons. The molecule has 0 aliphatic carbocycles. The first kappa shape index (κ1) is 21.2. The van der Waals surface area contributed by atoms with Crippen LogP contribution >= 0.6 is 0 Å². The molecule has 1 aromatic heterocycles. The Morgan fingerprint density at radius 3 is 2.59 bits per heavy atom. The average molecular weight is 398 g/mol. The molecular formula is C22H31N5O2. The molecule has 29 heavy (non-hydrogen) atoms. The predicted molar refractivity (Wildman–Crippen MR) is 115 cm³/mol. The third-order valence-corrected chi connectivity index (χ3v) is 4.92. The third kappa shape index (κ3) is 6.81. The smallest absolute Gasteiger partial charge is 0.191 e. The van der Waals surface area contributed by atoms with E-state index in [4.69, 9.17) is 9.73 Å². The molecule has 1 aliphatic rings. The number of aliphatic imine (C=N–C) groups is 1. The van der Waals surface area contributed by atoms with Gasteiger partial charge in [0, 0.05) is 45.1 Å². The van der Waals surface area contributed by atoms with Crippen LogP contribution in [0.25, 0.3) is 0 Å². The van der Waals surface area contributed by atoms with Crippen LogP contribution < -0.4 is 10.6 Å². The standard InChI is InChI=1S/C22H31N5O2/c1-2-24-22(26-16-21(28)18-7-9-23-10-8-18)25-15-19-5-3-4-6-20(19)17-27-11-13-29-14-12-27/h3-10,21,28H,2,11-17H2,1H3,(H2,24,25,26). The van der Waals surface area contributed by atoms with Gasteiger partial charge in [0.1, 0.15) is 0 Å². The Morgan fingerprint density at radius 1 is 1.14 bits per heavy atom. The fourth-order valence-electron chi connectivity index (χ4n) is 3.27. The van der Waals surface area contributed by atoms with Crippen LogP contribution in [0.15, 0.2) is 53.8 Å². The van der Waals surface area contributed by atoms with E-state index in [1.54, 1.807) is 12.4 Å². The summed E-state index contributed by atoms with van der Waals surface area (Å²) in [7, 11) is 0. The number of nitrogens with one attached hydrogen (secondary N) is 2. The summed E-state index contributed by atoms with van der Waals surface area (Å²) in [6.07, 6.45) is 2.75. The zero-order valence-electron chi connectivity index (χ0n) is 17.1. The highest BCUT2D eigenvalue weighted by atomic mass is 16.5. The number of aliphatic hydroxyl groups excluding tert-OH is 1. The number of morpholine rings is 1. The predicted octanol–water partition coefficient (Wildman–Crippen LogP) is 1.70. The van der Waals surface area contributed by atoms with Crippen LogP contribution in [0.4, 0.5) is 0 Å². The van der Waals surface area contributed by atoms with Crippen LogP contribution in [0, 0.1) is 0 Å². The van der Waals surface area contributed by atoms with Crippen LogP contribution in [0.2, 0.25) is 0 Å². The highest BCUT2D eigenvalue weighted by molar-refractivity contribution is 5.79. The summed E-state index contributed by atoms with van der Waals surface area (Å²) in [5.74, 6) is 0.696. The highest BCUT2D eigenvalue weighted by Gasteiger charge is 2.13. The van der Waals surface area contributed by atoms with E-state index in [0.717, 1.165) is 45.0 Å². The second-order valence-corrected chi connectivity index (χ2v) is 7.03. The second kappa shape index (κ2) is 11.5. The van der Waals surface area contributed by atoms with E-state index in [9.17, 15) is 5.11 Å². The maximum absolute atomic E-state index is 10.4. The summed E-state index contributed by atoms with van der Waals surface area (Å²) in [5.41, 5.74) is 3.34. The molecule has 0 radical (unpaired) electrons. The fraction of sp³-hybridized carbons (Fsp3) is 0.455. The largest absolute Gasteiger partial charge is 0.387 e. The molecule has 0 saturated carbocycles. The van der Waals surface area contributed by atoms with E-state index in [2.05, 4.69) is 44.8 Å². The molecule has 2 heterocycles. The van der Waals surface area contributed by atoms with Gasteiger partial charge in [0.2, 0.25) is 0 Å². The van der Waals surface area contributed by atoms with Crippen molar-refractivity contribution in [2.45, 2.75) is 26.1 Å². The van der Waals surface area contributed by atoms with Crippen molar-refractivity contribution in [1.82, 2.24) is 20.5 Å². The lowest BCUT2D eigenvalue weighted by molar-refractivity contribution is 0.0341. The van der Waals surface area contributed by atoms with Gasteiger partial charge in [0.15, 0.2) is 5.96 Å². The molecule has 7 nitrogen and oxygen atoms in total. The quantitative estimate of drug-likeness (QED) is 0.465. The number of rotatable bonds is 8. The first-order valence-corrected chi connectivity index (χ1v) is 10.2. The molecule has 1 saturated heterocycles. The van der Waals surface area contributed by atoms with E-state index in [1.165, 1.54) is 11.1 Å². The van der Waals surface area contributed by atoms with Gasteiger partial charge in [-0.3, -0.25) is 9.88 Å². The molecule has 0 amide bonds. The van der Waals surface area contributed by atoms with Crippen molar-refractivity contribution >= 4 is 5.96 Å². The van der Waals surface area contributed by atoms with Gasteiger partial charge in [0.05, 0.1) is 25.9 Å². The van der Waals surface area contributed by atoms with Crippen molar-refractivity contribution in [2.24, 2.45) is 4.99 Å². The summed E-state index contributed by atoms with van der Waals surface area (Å²) < 4.78 is 5.45. The number of guanidine groups is 1. The minimum Gasteiger partial charge on any atom is -0.387 e. The molecule has 0 bridgehead atoms. The van der Waals surface area contributed by atoms with E-state index in [1.807, 2.05) is 19.1 Å². The molecule has 1 fully saturated rings. The zero-order valence-corrected chi connectivity index (χ0v) is 17.1. The SMILES string of the molecule is CCNC(=NCc1ccccc1CN1CCOCC1)NCC(O)c1ccncc1. The monoisotopic (exact) mass is 397 g/mol. The maximum Gasteiger partial charge on any atom is 0.191 e. The van der Waals surface area contributed by atoms with Crippen LogP contribution in [0.5, 0.6) is 0 Å². The Labute approximate surface area is 172 Å². The Morgan fingerprint density at radius 2 is 1.86 bits per heavy atom. The summed E-state index contributed by atoms with van der Waals surface area (Å²) in [6.45, 7) is 8.20. The van der Waals surface area contributed by atoms with Crippen molar-refractivity contribution < 1.29 is 9.84 Å². The second-order valence-electron chi connectivity index (χ2n) is 7.03. The normalized spacial score (nSPS) is 16.4. The Kier molecular flexibility index (Phi) is 8.42. The lowest BCUT2D eigenvalue weighted by atomic mass is 10.1. The number of nitrogens with zero attached hydrogens (tertiary/aromatic N) is 3. The third-order valence-electron chi connectivity index (χ3n) is 4.92. The molecule has 1 unspecified atom stereocenters. The number of pyridine rings is 1. The van der Waals surface area contributed by atoms with Crippen molar-refractivity contribution in [2.75, 3.05) is 39.4 Å². The van der Waals surface area contributed by atoms with Crippen LogP contribution in [-0.2, 0) is 17.8 Å². The van der Waals surface area contributed by atoms with Gasteiger partial charge in [-0.2, -0.15) is 0 Å². The lowest BCUT2D eigenvalue weighted by Gasteiger charge is -2.27. The molecular weight excluding hydrogens is 366 g/mol. The minimum absolute atomic E-state index is 0.380. The van der Waals surface area contributed by atoms with Crippen LogP contribution in [0.1, 0.15) is 29.7 Å². The van der Waals surface area contributed by atoms with Crippen molar-refractivity contribution in [1.29, 1.82) is 0 Å². The van der Waals surface area contributed by atoms with Crippen molar-refractivity contribution in [3.8, 4) is 0 Å². The molecule has 2 aromatic rings. The van der Waals surface area contributed by atoms with Gasteiger partial charge in [-0.1, -0.05) is 24.3 Å². The number of aromatic nitrogens is 1. The Balaban J connectivity index is 1.60. The maximum atomic E-state index is 10.4. The van der Waals surface area contributed by atoms with E-state index in [0.29, 0.717) is 19.0 Å². The molecule has 7 heteroatoms. The molecule has 1 atom stereocenters. The number of aliphatic hydroxyl groups is 1. The number of hydrogen-bond donors (Lipinski definition) is 3. The number of ether oxygens (including phenoxy) is 1. The topological polar surface area (TPSA) is 82.0 Å². The van der Waals surface area contributed by atoms with Crippen LogP contribution in [-0.4, -0.2) is 60.3 Å². The highest BCUT2D eigenvalue weighted by Crippen LogP contribution is 2.14. The van der Waals surface area contributed by atoms with Crippen LogP contribution in [0.3, 0.4) is 0 Å². The fourth-order valence-corrected chi connectivity index (χ4v) is 3.27. The van der Waals surface area contributed by atoms with Gasteiger partial charge in [-0.25, -0.2) is 4.99 Å². The molecule has 1 aromatic carbocycles. The summed E-state index contributed by atoms with van der Waals surface area (Å²) >= 11 is 0. The summed E-state index contributed by atoms with van der Waals surface area (Å²) in [5, 5.41) is 16.8. The molecule has 3 rings (SSSR count). The summed E-state index contributed by atoms with van der Waals surface area (Å²) in [4.78, 5) is 11.1.